The Morgan fingerprint density at radius 2 is 1.95 bits per heavy atom. The molecule has 0 unspecified atom stereocenters. The van der Waals surface area contributed by atoms with Gasteiger partial charge in [-0.2, -0.15) is 0 Å². The lowest BCUT2D eigenvalue weighted by Gasteiger charge is -2.23. The summed E-state index contributed by atoms with van der Waals surface area (Å²) in [7, 11) is -2.96. The fourth-order valence-electron chi connectivity index (χ4n) is 1.98. The number of carbonyl (C=O) groups is 1. The molecule has 0 aliphatic carbocycles. The van der Waals surface area contributed by atoms with Crippen LogP contribution in [0.2, 0.25) is 0 Å². The molecule has 1 N–H and O–H groups in total. The second-order valence-corrected chi connectivity index (χ2v) is 7.66. The van der Waals surface area contributed by atoms with Gasteiger partial charge < -0.3 is 5.32 Å². The van der Waals surface area contributed by atoms with Crippen LogP contribution >= 0.6 is 15.9 Å². The molecule has 0 saturated carbocycles. The maximum atomic E-state index is 13.7. The van der Waals surface area contributed by atoms with E-state index in [1.165, 1.54) is 12.1 Å². The molecule has 0 atom stereocenters. The van der Waals surface area contributed by atoms with E-state index in [1.54, 1.807) is 6.07 Å². The molecule has 104 valence electrons. The number of carbonyl (C=O) groups excluding carboxylic acids is 1. The second-order valence-electron chi connectivity index (χ2n) is 4.50. The van der Waals surface area contributed by atoms with Gasteiger partial charge in [-0.1, -0.05) is 6.07 Å². The van der Waals surface area contributed by atoms with Crippen molar-refractivity contribution in [3.63, 3.8) is 0 Å². The Morgan fingerprint density at radius 1 is 1.32 bits per heavy atom. The van der Waals surface area contributed by atoms with Crippen molar-refractivity contribution in [2.24, 2.45) is 0 Å². The van der Waals surface area contributed by atoms with Crippen molar-refractivity contribution in [2.75, 3.05) is 11.5 Å². The number of amides is 1. The summed E-state index contributed by atoms with van der Waals surface area (Å²) in [6, 6.07) is 4.27. The number of benzene rings is 1. The molecule has 1 heterocycles. The lowest BCUT2D eigenvalue weighted by Crippen LogP contribution is -2.41. The molecule has 1 fully saturated rings. The molecule has 7 heteroatoms. The summed E-state index contributed by atoms with van der Waals surface area (Å²) in [5.41, 5.74) is -0.0391. The minimum Gasteiger partial charge on any atom is -0.349 e. The fourth-order valence-corrected chi connectivity index (χ4v) is 3.83. The van der Waals surface area contributed by atoms with Crippen LogP contribution in [-0.4, -0.2) is 31.9 Å². The van der Waals surface area contributed by atoms with Gasteiger partial charge in [0, 0.05) is 6.04 Å². The van der Waals surface area contributed by atoms with E-state index >= 15 is 0 Å². The Kier molecular flexibility index (Phi) is 4.25. The normalized spacial score (nSPS) is 19.1. The molecular formula is C12H13BrFNO3S. The predicted octanol–water partition coefficient (Wildman–Crippen LogP) is 1.90. The van der Waals surface area contributed by atoms with Gasteiger partial charge in [-0.25, -0.2) is 12.8 Å². The molecular weight excluding hydrogens is 337 g/mol. The Hall–Kier alpha value is -0.950. The molecule has 19 heavy (non-hydrogen) atoms. The third kappa shape index (κ3) is 3.54. The van der Waals surface area contributed by atoms with E-state index < -0.39 is 21.6 Å². The Bertz CT molecular complexity index is 589. The van der Waals surface area contributed by atoms with Crippen molar-refractivity contribution in [3.8, 4) is 0 Å². The van der Waals surface area contributed by atoms with Gasteiger partial charge in [-0.05, 0) is 40.9 Å². The van der Waals surface area contributed by atoms with Gasteiger partial charge in [0.1, 0.15) is 15.7 Å². The van der Waals surface area contributed by atoms with Crippen LogP contribution in [-0.2, 0) is 9.84 Å². The highest BCUT2D eigenvalue weighted by Gasteiger charge is 2.25. The number of rotatable bonds is 2. The number of nitrogens with one attached hydrogen (secondary N) is 1. The first-order chi connectivity index (χ1) is 8.89. The first-order valence-corrected chi connectivity index (χ1v) is 8.46. The lowest BCUT2D eigenvalue weighted by molar-refractivity contribution is 0.0930. The summed E-state index contributed by atoms with van der Waals surface area (Å²) in [6.07, 6.45) is 0.757. The van der Waals surface area contributed by atoms with Gasteiger partial charge in [-0.3, -0.25) is 4.79 Å². The Balaban J connectivity index is 2.04. The first kappa shape index (κ1) is 14.5. The zero-order valence-electron chi connectivity index (χ0n) is 10.0. The zero-order valence-corrected chi connectivity index (χ0v) is 12.4. The summed E-state index contributed by atoms with van der Waals surface area (Å²) in [4.78, 5) is 11.9. The Morgan fingerprint density at radius 3 is 2.58 bits per heavy atom. The second kappa shape index (κ2) is 5.58. The van der Waals surface area contributed by atoms with Crippen molar-refractivity contribution < 1.29 is 17.6 Å². The van der Waals surface area contributed by atoms with Crippen LogP contribution in [0.3, 0.4) is 0 Å². The maximum absolute atomic E-state index is 13.7. The average Bonchev–Trinajstić information content (AvgIpc) is 2.35. The summed E-state index contributed by atoms with van der Waals surface area (Å²) in [5, 5.41) is 2.68. The number of hydrogen-bond acceptors (Lipinski definition) is 3. The number of hydrogen-bond donors (Lipinski definition) is 1. The van der Waals surface area contributed by atoms with Gasteiger partial charge in [0.25, 0.3) is 5.91 Å². The van der Waals surface area contributed by atoms with Gasteiger partial charge in [0.2, 0.25) is 0 Å². The van der Waals surface area contributed by atoms with Crippen LogP contribution < -0.4 is 5.32 Å². The maximum Gasteiger partial charge on any atom is 0.254 e. The molecule has 0 spiro atoms. The molecule has 0 aromatic heterocycles. The van der Waals surface area contributed by atoms with Crippen molar-refractivity contribution in [1.29, 1.82) is 0 Å². The van der Waals surface area contributed by atoms with Crippen molar-refractivity contribution in [1.82, 2.24) is 5.32 Å². The van der Waals surface area contributed by atoms with Crippen LogP contribution in [0.1, 0.15) is 23.2 Å². The van der Waals surface area contributed by atoms with Crippen LogP contribution in [0, 0.1) is 5.82 Å². The van der Waals surface area contributed by atoms with Crippen LogP contribution in [0.15, 0.2) is 22.7 Å². The molecule has 2 rings (SSSR count). The summed E-state index contributed by atoms with van der Waals surface area (Å²) < 4.78 is 36.5. The summed E-state index contributed by atoms with van der Waals surface area (Å²) >= 11 is 3.02. The molecule has 1 aliphatic rings. The quantitative estimate of drug-likeness (QED) is 0.886. The predicted molar refractivity (Wildman–Crippen MR) is 73.2 cm³/mol. The topological polar surface area (TPSA) is 63.2 Å². The minimum atomic E-state index is -2.96. The van der Waals surface area contributed by atoms with Crippen molar-refractivity contribution >= 4 is 31.7 Å². The molecule has 1 aromatic rings. The number of sulfone groups is 1. The van der Waals surface area contributed by atoms with E-state index in [2.05, 4.69) is 21.2 Å². The largest absolute Gasteiger partial charge is 0.349 e. The highest BCUT2D eigenvalue weighted by Crippen LogP contribution is 2.19. The minimum absolute atomic E-state index is 0.0391. The monoisotopic (exact) mass is 349 g/mol. The van der Waals surface area contributed by atoms with Crippen molar-refractivity contribution in [3.05, 3.63) is 34.1 Å². The van der Waals surface area contributed by atoms with Gasteiger partial charge in [0.05, 0.1) is 21.5 Å². The standard InChI is InChI=1S/C12H13BrFNO3S/c13-10-3-1-2-9(11(10)14)12(16)15-8-4-6-19(17,18)7-5-8/h1-3,8H,4-7H2,(H,15,16). The zero-order chi connectivity index (χ0) is 14.0. The highest BCUT2D eigenvalue weighted by atomic mass is 79.9. The first-order valence-electron chi connectivity index (χ1n) is 5.84. The third-order valence-corrected chi connectivity index (χ3v) is 5.41. The summed E-state index contributed by atoms with van der Waals surface area (Å²) in [5.74, 6) is -0.982. The van der Waals surface area contributed by atoms with Gasteiger partial charge >= 0.3 is 0 Å². The van der Waals surface area contributed by atoms with Crippen LogP contribution in [0.4, 0.5) is 4.39 Å². The van der Waals surface area contributed by atoms with Crippen molar-refractivity contribution in [2.45, 2.75) is 18.9 Å². The van der Waals surface area contributed by atoms with E-state index in [1.807, 2.05) is 0 Å². The molecule has 1 aliphatic heterocycles. The number of halogens is 2. The molecule has 0 radical (unpaired) electrons. The van der Waals surface area contributed by atoms with Gasteiger partial charge in [0.15, 0.2) is 0 Å². The molecule has 1 saturated heterocycles. The van der Waals surface area contributed by atoms with E-state index in [0.717, 1.165) is 0 Å². The Labute approximate surface area is 119 Å². The summed E-state index contributed by atoms with van der Waals surface area (Å²) in [6.45, 7) is 0. The smallest absolute Gasteiger partial charge is 0.254 e. The van der Waals surface area contributed by atoms with E-state index in [9.17, 15) is 17.6 Å². The molecule has 1 aromatic carbocycles. The third-order valence-electron chi connectivity index (χ3n) is 3.09. The highest BCUT2D eigenvalue weighted by molar-refractivity contribution is 9.10. The molecule has 4 nitrogen and oxygen atoms in total. The van der Waals surface area contributed by atoms with Gasteiger partial charge in [-0.15, -0.1) is 0 Å². The van der Waals surface area contributed by atoms with Crippen LogP contribution in [0.25, 0.3) is 0 Å². The van der Waals surface area contributed by atoms with Crippen LogP contribution in [0.5, 0.6) is 0 Å². The van der Waals surface area contributed by atoms with E-state index in [4.69, 9.17) is 0 Å². The fraction of sp³-hybridized carbons (Fsp3) is 0.417. The van der Waals surface area contributed by atoms with E-state index in [0.29, 0.717) is 12.8 Å². The molecule has 1 amide bonds. The average molecular weight is 350 g/mol. The SMILES string of the molecule is O=C(NC1CCS(=O)(=O)CC1)c1cccc(Br)c1F. The van der Waals surface area contributed by atoms with E-state index in [-0.39, 0.29) is 27.6 Å². The molecule has 0 bridgehead atoms. The lowest BCUT2D eigenvalue weighted by atomic mass is 10.1.